The van der Waals surface area contributed by atoms with Gasteiger partial charge in [-0.1, -0.05) is 12.1 Å². The van der Waals surface area contributed by atoms with Crippen molar-refractivity contribution in [3.8, 4) is 0 Å². The monoisotopic (exact) mass is 247 g/mol. The normalized spacial score (nSPS) is 16.4. The van der Waals surface area contributed by atoms with Crippen LogP contribution >= 0.6 is 11.6 Å². The number of rotatable bonds is 1. The van der Waals surface area contributed by atoms with Crippen molar-refractivity contribution >= 4 is 28.3 Å². The Morgan fingerprint density at radius 2 is 1.76 bits per heavy atom. The number of aromatic nitrogens is 2. The van der Waals surface area contributed by atoms with Crippen LogP contribution in [0.2, 0.25) is 5.28 Å². The molecule has 0 amide bonds. The van der Waals surface area contributed by atoms with Crippen LogP contribution in [0.5, 0.6) is 0 Å². The molecule has 1 aliphatic rings. The van der Waals surface area contributed by atoms with Crippen molar-refractivity contribution in [3.63, 3.8) is 0 Å². The maximum Gasteiger partial charge on any atom is 0.224 e. The number of para-hydroxylation sites is 1. The second-order valence-corrected chi connectivity index (χ2v) is 4.72. The minimum atomic E-state index is 0.337. The summed E-state index contributed by atoms with van der Waals surface area (Å²) in [5, 5.41) is 1.43. The molecule has 1 aliphatic heterocycles. The van der Waals surface area contributed by atoms with Crippen molar-refractivity contribution in [2.24, 2.45) is 0 Å². The Kier molecular flexibility index (Phi) is 2.85. The van der Waals surface area contributed by atoms with Crippen LogP contribution in [0.1, 0.15) is 19.3 Å². The van der Waals surface area contributed by atoms with Gasteiger partial charge in [0.25, 0.3) is 0 Å². The molecule has 2 heterocycles. The fourth-order valence-corrected chi connectivity index (χ4v) is 2.55. The second kappa shape index (κ2) is 4.49. The molecule has 1 saturated heterocycles. The number of anilines is 1. The predicted octanol–water partition coefficient (Wildman–Crippen LogP) is 3.27. The maximum atomic E-state index is 5.99. The summed E-state index contributed by atoms with van der Waals surface area (Å²) in [5.41, 5.74) is 0.924. The van der Waals surface area contributed by atoms with Crippen molar-refractivity contribution < 1.29 is 0 Å². The molecule has 1 aromatic carbocycles. The number of piperidine rings is 1. The quantitative estimate of drug-likeness (QED) is 0.725. The summed E-state index contributed by atoms with van der Waals surface area (Å²) in [5.74, 6) is 0.986. The minimum absolute atomic E-state index is 0.337. The summed E-state index contributed by atoms with van der Waals surface area (Å²) >= 11 is 5.99. The molecular formula is C13H14ClN3. The predicted molar refractivity (Wildman–Crippen MR) is 70.6 cm³/mol. The zero-order valence-electron chi connectivity index (χ0n) is 9.56. The van der Waals surface area contributed by atoms with Crippen molar-refractivity contribution in [1.29, 1.82) is 0 Å². The highest BCUT2D eigenvalue weighted by atomic mass is 35.5. The molecule has 3 rings (SSSR count). The average molecular weight is 248 g/mol. The summed E-state index contributed by atoms with van der Waals surface area (Å²) < 4.78 is 0. The standard InChI is InChI=1S/C13H14ClN3/c14-13-15-11-7-3-2-6-10(11)12(16-13)17-8-4-1-5-9-17/h2-3,6-7H,1,4-5,8-9H2. The first-order chi connectivity index (χ1) is 8.34. The Bertz CT molecular complexity index is 535. The zero-order chi connectivity index (χ0) is 11.7. The largest absolute Gasteiger partial charge is 0.356 e. The van der Waals surface area contributed by atoms with E-state index in [2.05, 4.69) is 20.9 Å². The molecule has 0 aliphatic carbocycles. The Hall–Kier alpha value is -1.35. The van der Waals surface area contributed by atoms with Crippen LogP contribution in [0, 0.1) is 0 Å². The fraction of sp³-hybridized carbons (Fsp3) is 0.385. The van der Waals surface area contributed by atoms with Crippen LogP contribution in [0.3, 0.4) is 0 Å². The van der Waals surface area contributed by atoms with Gasteiger partial charge in [0.1, 0.15) is 5.82 Å². The van der Waals surface area contributed by atoms with Crippen molar-refractivity contribution in [3.05, 3.63) is 29.5 Å². The van der Waals surface area contributed by atoms with Gasteiger partial charge in [-0.2, -0.15) is 4.98 Å². The van der Waals surface area contributed by atoms with Crippen LogP contribution in [-0.2, 0) is 0 Å². The summed E-state index contributed by atoms with van der Waals surface area (Å²) in [6, 6.07) is 8.05. The smallest absolute Gasteiger partial charge is 0.224 e. The van der Waals surface area contributed by atoms with E-state index in [9.17, 15) is 0 Å². The molecule has 3 nitrogen and oxygen atoms in total. The van der Waals surface area contributed by atoms with E-state index in [4.69, 9.17) is 11.6 Å². The first kappa shape index (κ1) is 10.8. The third kappa shape index (κ3) is 2.07. The van der Waals surface area contributed by atoms with Gasteiger partial charge in [0, 0.05) is 18.5 Å². The van der Waals surface area contributed by atoms with Gasteiger partial charge >= 0.3 is 0 Å². The Balaban J connectivity index is 2.13. The third-order valence-corrected chi connectivity index (χ3v) is 3.38. The van der Waals surface area contributed by atoms with Gasteiger partial charge in [-0.3, -0.25) is 0 Å². The number of hydrogen-bond donors (Lipinski definition) is 0. The molecule has 0 unspecified atom stereocenters. The van der Waals surface area contributed by atoms with Gasteiger partial charge in [-0.25, -0.2) is 4.98 Å². The van der Waals surface area contributed by atoms with Gasteiger partial charge in [0.2, 0.25) is 5.28 Å². The van der Waals surface area contributed by atoms with Crippen molar-refractivity contribution in [2.75, 3.05) is 18.0 Å². The summed E-state index contributed by atoms with van der Waals surface area (Å²) in [7, 11) is 0. The van der Waals surface area contributed by atoms with E-state index in [1.807, 2.05) is 18.2 Å². The SMILES string of the molecule is Clc1nc(N2CCCCC2)c2ccccc2n1. The number of halogens is 1. The first-order valence-electron chi connectivity index (χ1n) is 6.02. The van der Waals surface area contributed by atoms with Crippen LogP contribution in [0.25, 0.3) is 10.9 Å². The molecular weight excluding hydrogens is 234 g/mol. The van der Waals surface area contributed by atoms with Crippen LogP contribution < -0.4 is 4.90 Å². The van der Waals surface area contributed by atoms with E-state index in [-0.39, 0.29) is 0 Å². The maximum absolute atomic E-state index is 5.99. The van der Waals surface area contributed by atoms with Gasteiger partial charge in [0.15, 0.2) is 0 Å². The summed E-state index contributed by atoms with van der Waals surface area (Å²) in [4.78, 5) is 11.0. The van der Waals surface area contributed by atoms with E-state index in [0.29, 0.717) is 5.28 Å². The molecule has 0 atom stereocenters. The van der Waals surface area contributed by atoms with Crippen molar-refractivity contribution in [2.45, 2.75) is 19.3 Å². The van der Waals surface area contributed by atoms with Crippen LogP contribution in [-0.4, -0.2) is 23.1 Å². The number of fused-ring (bicyclic) bond motifs is 1. The lowest BCUT2D eigenvalue weighted by Crippen LogP contribution is -2.30. The molecule has 0 bridgehead atoms. The molecule has 4 heteroatoms. The number of benzene rings is 1. The zero-order valence-corrected chi connectivity index (χ0v) is 10.3. The summed E-state index contributed by atoms with van der Waals surface area (Å²) in [6.07, 6.45) is 3.78. The molecule has 88 valence electrons. The second-order valence-electron chi connectivity index (χ2n) is 4.38. The van der Waals surface area contributed by atoms with E-state index >= 15 is 0 Å². The van der Waals surface area contributed by atoms with Gasteiger partial charge < -0.3 is 4.90 Å². The highest BCUT2D eigenvalue weighted by Crippen LogP contribution is 2.27. The van der Waals surface area contributed by atoms with Crippen LogP contribution in [0.4, 0.5) is 5.82 Å². The Labute approximate surface area is 105 Å². The number of hydrogen-bond acceptors (Lipinski definition) is 3. The number of nitrogens with zero attached hydrogens (tertiary/aromatic N) is 3. The van der Waals surface area contributed by atoms with Crippen molar-refractivity contribution in [1.82, 2.24) is 9.97 Å². The highest BCUT2D eigenvalue weighted by Gasteiger charge is 2.16. The molecule has 1 aromatic heterocycles. The van der Waals surface area contributed by atoms with Crippen LogP contribution in [0.15, 0.2) is 24.3 Å². The molecule has 0 saturated carbocycles. The summed E-state index contributed by atoms with van der Waals surface area (Å²) in [6.45, 7) is 2.13. The van der Waals surface area contributed by atoms with Gasteiger partial charge in [0.05, 0.1) is 5.52 Å². The lowest BCUT2D eigenvalue weighted by molar-refractivity contribution is 0.574. The van der Waals surface area contributed by atoms with E-state index in [1.54, 1.807) is 0 Å². The molecule has 2 aromatic rings. The van der Waals surface area contributed by atoms with E-state index in [1.165, 1.54) is 19.3 Å². The molecule has 0 spiro atoms. The lowest BCUT2D eigenvalue weighted by atomic mass is 10.1. The van der Waals surface area contributed by atoms with E-state index in [0.717, 1.165) is 29.8 Å². The topological polar surface area (TPSA) is 29.0 Å². The fourth-order valence-electron chi connectivity index (χ4n) is 2.38. The Morgan fingerprint density at radius 1 is 1.00 bits per heavy atom. The van der Waals surface area contributed by atoms with E-state index < -0.39 is 0 Å². The first-order valence-corrected chi connectivity index (χ1v) is 6.39. The molecule has 17 heavy (non-hydrogen) atoms. The minimum Gasteiger partial charge on any atom is -0.356 e. The molecule has 1 fully saturated rings. The molecule has 0 radical (unpaired) electrons. The lowest BCUT2D eigenvalue weighted by Gasteiger charge is -2.28. The van der Waals surface area contributed by atoms with Gasteiger partial charge in [-0.05, 0) is 43.0 Å². The third-order valence-electron chi connectivity index (χ3n) is 3.21. The highest BCUT2D eigenvalue weighted by molar-refractivity contribution is 6.28. The van der Waals surface area contributed by atoms with Gasteiger partial charge in [-0.15, -0.1) is 0 Å². The Morgan fingerprint density at radius 3 is 2.59 bits per heavy atom. The average Bonchev–Trinajstić information content (AvgIpc) is 2.39. The molecule has 0 N–H and O–H groups in total.